The first-order valence-corrected chi connectivity index (χ1v) is 10.7. The molecule has 0 aromatic heterocycles. The van der Waals surface area contributed by atoms with E-state index in [1.54, 1.807) is 0 Å². The van der Waals surface area contributed by atoms with Gasteiger partial charge in [-0.1, -0.05) is 72.3 Å². The highest BCUT2D eigenvalue weighted by Crippen LogP contribution is 2.32. The lowest BCUT2D eigenvalue weighted by molar-refractivity contribution is -0.146. The molecule has 2 aliphatic rings. The Morgan fingerprint density at radius 1 is 1.00 bits per heavy atom. The largest absolute Gasteiger partial charge is 0.359 e. The minimum absolute atomic E-state index is 0.0295. The SMILES string of the molecule is O=C1C(c2ccccc2Cl)OC/C=C\CN1C(CN1CCCC1)c1ccccc1. The second-order valence-electron chi connectivity index (χ2n) is 7.63. The van der Waals surface area contributed by atoms with Crippen LogP contribution in [0.2, 0.25) is 5.02 Å². The zero-order valence-corrected chi connectivity index (χ0v) is 17.3. The Balaban J connectivity index is 1.68. The number of ether oxygens (including phenoxy) is 1. The Hall–Kier alpha value is -2.14. The maximum absolute atomic E-state index is 13.7. The van der Waals surface area contributed by atoms with Gasteiger partial charge in [-0.2, -0.15) is 0 Å². The number of carbonyl (C=O) groups is 1. The van der Waals surface area contributed by atoms with E-state index in [0.29, 0.717) is 18.2 Å². The van der Waals surface area contributed by atoms with Gasteiger partial charge in [-0.05, 0) is 37.6 Å². The van der Waals surface area contributed by atoms with E-state index in [1.165, 1.54) is 12.8 Å². The average Bonchev–Trinajstić information content (AvgIpc) is 3.25. The van der Waals surface area contributed by atoms with Crippen LogP contribution in [0.4, 0.5) is 0 Å². The van der Waals surface area contributed by atoms with Crippen molar-refractivity contribution in [1.82, 2.24) is 9.80 Å². The fourth-order valence-corrected chi connectivity index (χ4v) is 4.41. The van der Waals surface area contributed by atoms with Crippen LogP contribution in [0.3, 0.4) is 0 Å². The Kier molecular flexibility index (Phi) is 6.65. The molecule has 1 fully saturated rings. The van der Waals surface area contributed by atoms with E-state index >= 15 is 0 Å². The number of halogens is 1. The highest BCUT2D eigenvalue weighted by Gasteiger charge is 2.34. The maximum atomic E-state index is 13.7. The molecule has 2 heterocycles. The van der Waals surface area contributed by atoms with Crippen molar-refractivity contribution in [1.29, 1.82) is 0 Å². The molecule has 0 spiro atoms. The second kappa shape index (κ2) is 9.57. The number of hydrogen-bond acceptors (Lipinski definition) is 3. The molecule has 152 valence electrons. The number of likely N-dealkylation sites (tertiary alicyclic amines) is 1. The van der Waals surface area contributed by atoms with E-state index in [9.17, 15) is 4.79 Å². The van der Waals surface area contributed by atoms with Crippen LogP contribution in [0.1, 0.15) is 36.1 Å². The molecule has 5 heteroatoms. The molecular weight excluding hydrogens is 384 g/mol. The smallest absolute Gasteiger partial charge is 0.257 e. The molecule has 0 radical (unpaired) electrons. The summed E-state index contributed by atoms with van der Waals surface area (Å²) in [4.78, 5) is 18.1. The number of carbonyl (C=O) groups excluding carboxylic acids is 1. The van der Waals surface area contributed by atoms with Crippen molar-refractivity contribution in [2.75, 3.05) is 32.8 Å². The topological polar surface area (TPSA) is 32.8 Å². The van der Waals surface area contributed by atoms with E-state index in [2.05, 4.69) is 17.0 Å². The molecule has 4 rings (SSSR count). The van der Waals surface area contributed by atoms with Crippen molar-refractivity contribution in [2.45, 2.75) is 25.0 Å². The summed E-state index contributed by atoms with van der Waals surface area (Å²) in [6, 6.07) is 17.8. The van der Waals surface area contributed by atoms with Crippen molar-refractivity contribution in [3.05, 3.63) is 82.9 Å². The maximum Gasteiger partial charge on any atom is 0.257 e. The first kappa shape index (κ1) is 20.1. The molecule has 0 saturated carbocycles. The lowest BCUT2D eigenvalue weighted by Crippen LogP contribution is -2.44. The molecule has 4 nitrogen and oxygen atoms in total. The molecule has 2 unspecified atom stereocenters. The van der Waals surface area contributed by atoms with Crippen LogP contribution in [-0.2, 0) is 9.53 Å². The lowest BCUT2D eigenvalue weighted by atomic mass is 10.0. The van der Waals surface area contributed by atoms with Gasteiger partial charge in [-0.3, -0.25) is 4.79 Å². The van der Waals surface area contributed by atoms with Crippen molar-refractivity contribution < 1.29 is 9.53 Å². The molecule has 2 aromatic carbocycles. The number of amides is 1. The van der Waals surface area contributed by atoms with Crippen molar-refractivity contribution >= 4 is 17.5 Å². The molecule has 1 amide bonds. The van der Waals surface area contributed by atoms with Gasteiger partial charge >= 0.3 is 0 Å². The van der Waals surface area contributed by atoms with Crippen LogP contribution in [0.5, 0.6) is 0 Å². The van der Waals surface area contributed by atoms with Gasteiger partial charge in [-0.15, -0.1) is 0 Å². The van der Waals surface area contributed by atoms with Gasteiger partial charge in [0.15, 0.2) is 6.10 Å². The summed E-state index contributed by atoms with van der Waals surface area (Å²) < 4.78 is 5.97. The summed E-state index contributed by atoms with van der Waals surface area (Å²) >= 11 is 6.42. The first-order chi connectivity index (χ1) is 14.2. The van der Waals surface area contributed by atoms with Crippen molar-refractivity contribution in [3.8, 4) is 0 Å². The second-order valence-corrected chi connectivity index (χ2v) is 8.04. The van der Waals surface area contributed by atoms with Crippen LogP contribution in [-0.4, -0.2) is 48.5 Å². The van der Waals surface area contributed by atoms with Crippen molar-refractivity contribution in [2.24, 2.45) is 0 Å². The highest BCUT2D eigenvalue weighted by molar-refractivity contribution is 6.31. The van der Waals surface area contributed by atoms with E-state index in [1.807, 2.05) is 59.5 Å². The van der Waals surface area contributed by atoms with Gasteiger partial charge in [0.25, 0.3) is 5.91 Å². The Morgan fingerprint density at radius 2 is 1.72 bits per heavy atom. The molecular formula is C24H27ClN2O2. The van der Waals surface area contributed by atoms with Gasteiger partial charge in [0.1, 0.15) is 0 Å². The third-order valence-corrected chi connectivity index (χ3v) is 6.06. The van der Waals surface area contributed by atoms with E-state index < -0.39 is 6.10 Å². The quantitative estimate of drug-likeness (QED) is 0.673. The molecule has 2 atom stereocenters. The van der Waals surface area contributed by atoms with Gasteiger partial charge in [0.05, 0.1) is 12.6 Å². The van der Waals surface area contributed by atoms with Crippen molar-refractivity contribution in [3.63, 3.8) is 0 Å². The Bertz CT molecular complexity index is 849. The Morgan fingerprint density at radius 3 is 2.48 bits per heavy atom. The van der Waals surface area contributed by atoms with Crippen LogP contribution < -0.4 is 0 Å². The third kappa shape index (κ3) is 4.72. The average molecular weight is 411 g/mol. The number of hydrogen-bond donors (Lipinski definition) is 0. The predicted molar refractivity (Wildman–Crippen MR) is 116 cm³/mol. The van der Waals surface area contributed by atoms with Crippen LogP contribution in [0.15, 0.2) is 66.7 Å². The summed E-state index contributed by atoms with van der Waals surface area (Å²) in [5.74, 6) is -0.0319. The molecule has 0 N–H and O–H groups in total. The molecule has 0 aliphatic carbocycles. The van der Waals surface area contributed by atoms with Crippen LogP contribution in [0, 0.1) is 0 Å². The minimum atomic E-state index is -0.696. The summed E-state index contributed by atoms with van der Waals surface area (Å²) in [5, 5.41) is 0.561. The summed E-state index contributed by atoms with van der Waals surface area (Å²) in [6.45, 7) is 3.98. The number of benzene rings is 2. The standard InChI is InChI=1S/C24H27ClN2O2/c25-21-13-5-4-12-20(21)23-24(28)27(16-8-9-17-29-23)22(18-26-14-6-7-15-26)19-10-2-1-3-11-19/h1-5,8-13,22-23H,6-7,14-18H2/b9-8-. The molecule has 0 bridgehead atoms. The normalized spacial score (nSPS) is 22.9. The fraction of sp³-hybridized carbons (Fsp3) is 0.375. The van der Waals surface area contributed by atoms with Gasteiger partial charge in [0, 0.05) is 23.7 Å². The van der Waals surface area contributed by atoms with Gasteiger partial charge < -0.3 is 14.5 Å². The molecule has 1 saturated heterocycles. The first-order valence-electron chi connectivity index (χ1n) is 10.3. The zero-order valence-electron chi connectivity index (χ0n) is 16.5. The minimum Gasteiger partial charge on any atom is -0.359 e. The van der Waals surface area contributed by atoms with E-state index in [4.69, 9.17) is 16.3 Å². The molecule has 29 heavy (non-hydrogen) atoms. The summed E-state index contributed by atoms with van der Waals surface area (Å²) in [5.41, 5.74) is 1.88. The fourth-order valence-electron chi connectivity index (χ4n) is 4.18. The monoisotopic (exact) mass is 410 g/mol. The highest BCUT2D eigenvalue weighted by atomic mass is 35.5. The summed E-state index contributed by atoms with van der Waals surface area (Å²) in [7, 11) is 0. The van der Waals surface area contributed by atoms with Gasteiger partial charge in [0.2, 0.25) is 0 Å². The number of rotatable bonds is 5. The number of nitrogens with zero attached hydrogens (tertiary/aromatic N) is 2. The molecule has 2 aliphatic heterocycles. The predicted octanol–water partition coefficient (Wildman–Crippen LogP) is 4.63. The third-order valence-electron chi connectivity index (χ3n) is 5.71. The Labute approximate surface area is 177 Å². The molecule has 2 aromatic rings. The van der Waals surface area contributed by atoms with Crippen LogP contribution >= 0.6 is 11.6 Å². The lowest BCUT2D eigenvalue weighted by Gasteiger charge is -2.37. The van der Waals surface area contributed by atoms with E-state index in [0.717, 1.165) is 30.8 Å². The van der Waals surface area contributed by atoms with E-state index in [-0.39, 0.29) is 11.9 Å². The van der Waals surface area contributed by atoms with Crippen LogP contribution in [0.25, 0.3) is 0 Å². The zero-order chi connectivity index (χ0) is 20.1. The summed E-state index contributed by atoms with van der Waals surface area (Å²) in [6.07, 6.45) is 5.77. The van der Waals surface area contributed by atoms with Gasteiger partial charge in [-0.25, -0.2) is 0 Å².